The largest absolute Gasteiger partial charge is 0.370 e. The fraction of sp³-hybridized carbons (Fsp3) is 0.519. The van der Waals surface area contributed by atoms with E-state index in [0.29, 0.717) is 28.2 Å². The lowest BCUT2D eigenvalue weighted by Gasteiger charge is -2.32. The van der Waals surface area contributed by atoms with E-state index in [0.717, 1.165) is 24.2 Å². The van der Waals surface area contributed by atoms with Crippen LogP contribution in [-0.4, -0.2) is 68.1 Å². The first-order valence-electron chi connectivity index (χ1n) is 13.0. The van der Waals surface area contributed by atoms with Crippen LogP contribution in [0.3, 0.4) is 0 Å². The molecule has 2 N–H and O–H groups in total. The first kappa shape index (κ1) is 29.4. The van der Waals surface area contributed by atoms with Crippen molar-refractivity contribution in [2.75, 3.05) is 49.6 Å². The molecule has 0 bridgehead atoms. The van der Waals surface area contributed by atoms with Gasteiger partial charge in [-0.3, -0.25) is 19.3 Å². The maximum absolute atomic E-state index is 14.0. The second-order valence-electron chi connectivity index (χ2n) is 10.3. The molecule has 1 aliphatic heterocycles. The van der Waals surface area contributed by atoms with Gasteiger partial charge in [-0.1, -0.05) is 25.4 Å². The zero-order valence-corrected chi connectivity index (χ0v) is 23.5. The Hall–Kier alpha value is -2.60. The van der Waals surface area contributed by atoms with Gasteiger partial charge in [0.15, 0.2) is 0 Å². The molecule has 1 aliphatic carbocycles. The summed E-state index contributed by atoms with van der Waals surface area (Å²) in [5.74, 6) is -0.383. The topological polar surface area (TPSA) is 91.0 Å². The van der Waals surface area contributed by atoms with Gasteiger partial charge in [-0.05, 0) is 55.0 Å². The maximum Gasteiger partial charge on any atom is 0.265 e. The Morgan fingerprint density at radius 1 is 1.23 bits per heavy atom. The smallest absolute Gasteiger partial charge is 0.265 e. The number of nitrogens with zero attached hydrogens (tertiary/aromatic N) is 2. The number of rotatable bonds is 12. The van der Waals surface area contributed by atoms with Crippen molar-refractivity contribution in [3.05, 3.63) is 45.1 Å². The summed E-state index contributed by atoms with van der Waals surface area (Å²) < 4.78 is 33.7. The van der Waals surface area contributed by atoms with Crippen molar-refractivity contribution in [3.8, 4) is 0 Å². The van der Waals surface area contributed by atoms with Crippen molar-refractivity contribution < 1.29 is 27.9 Å². The van der Waals surface area contributed by atoms with Gasteiger partial charge in [-0.25, -0.2) is 8.78 Å². The summed E-state index contributed by atoms with van der Waals surface area (Å²) in [4.78, 5) is 42.4. The lowest BCUT2D eigenvalue weighted by Crippen LogP contribution is -2.52. The molecule has 2 aromatic rings. The number of anilines is 2. The average molecular weight is 583 g/mol. The summed E-state index contributed by atoms with van der Waals surface area (Å²) >= 11 is 7.12. The van der Waals surface area contributed by atoms with Gasteiger partial charge >= 0.3 is 0 Å². The Kier molecular flexibility index (Phi) is 9.92. The SMILES string of the molecule is CC(C)CN(CC1CC1)[C@@H](CNC(=O)c1ccc(Cl)s1)C(=O)Nc1ccc(N2CCOCC2=O)c(C(F)F)c1. The van der Waals surface area contributed by atoms with Gasteiger partial charge in [-0.15, -0.1) is 11.3 Å². The van der Waals surface area contributed by atoms with E-state index in [1.165, 1.54) is 23.1 Å². The van der Waals surface area contributed by atoms with Crippen molar-refractivity contribution in [2.24, 2.45) is 11.8 Å². The Balaban J connectivity index is 1.55. The zero-order valence-electron chi connectivity index (χ0n) is 21.9. The van der Waals surface area contributed by atoms with E-state index in [1.807, 2.05) is 0 Å². The molecule has 2 aliphatic rings. The van der Waals surface area contributed by atoms with Gasteiger partial charge in [0.2, 0.25) is 5.91 Å². The van der Waals surface area contributed by atoms with Gasteiger partial charge < -0.3 is 20.3 Å². The van der Waals surface area contributed by atoms with Gasteiger partial charge in [0.05, 0.1) is 21.5 Å². The molecular formula is C27H33ClF2N4O4S. The second kappa shape index (κ2) is 13.2. The quantitative estimate of drug-likeness (QED) is 0.375. The predicted molar refractivity (Wildman–Crippen MR) is 148 cm³/mol. The van der Waals surface area contributed by atoms with Crippen LogP contribution in [-0.2, 0) is 14.3 Å². The molecule has 1 atom stereocenters. The van der Waals surface area contributed by atoms with Gasteiger partial charge in [0, 0.05) is 37.4 Å². The molecule has 1 aromatic carbocycles. The summed E-state index contributed by atoms with van der Waals surface area (Å²) in [6, 6.07) is 6.69. The highest BCUT2D eigenvalue weighted by Gasteiger charge is 2.33. The van der Waals surface area contributed by atoms with Crippen molar-refractivity contribution in [2.45, 2.75) is 39.2 Å². The van der Waals surface area contributed by atoms with Crippen LogP contribution in [0.4, 0.5) is 20.2 Å². The minimum atomic E-state index is -2.85. The number of hydrogen-bond donors (Lipinski definition) is 2. The van der Waals surface area contributed by atoms with Crippen LogP contribution in [0.2, 0.25) is 4.34 Å². The van der Waals surface area contributed by atoms with Crippen molar-refractivity contribution in [3.63, 3.8) is 0 Å². The highest BCUT2D eigenvalue weighted by molar-refractivity contribution is 7.18. The Labute approximate surface area is 235 Å². The summed E-state index contributed by atoms with van der Waals surface area (Å²) in [6.07, 6.45) is -0.683. The van der Waals surface area contributed by atoms with E-state index in [-0.39, 0.29) is 55.1 Å². The molecule has 1 saturated carbocycles. The van der Waals surface area contributed by atoms with E-state index in [1.54, 1.807) is 12.1 Å². The molecule has 2 heterocycles. The first-order valence-corrected chi connectivity index (χ1v) is 14.2. The molecule has 3 amide bonds. The number of hydrogen-bond acceptors (Lipinski definition) is 6. The van der Waals surface area contributed by atoms with E-state index in [9.17, 15) is 23.2 Å². The molecule has 8 nitrogen and oxygen atoms in total. The maximum atomic E-state index is 14.0. The van der Waals surface area contributed by atoms with E-state index < -0.39 is 24.3 Å². The molecule has 0 unspecified atom stereocenters. The number of carbonyl (C=O) groups is 3. The molecule has 212 valence electrons. The lowest BCUT2D eigenvalue weighted by molar-refractivity contribution is -0.125. The minimum absolute atomic E-state index is 0.0433. The number of alkyl halides is 2. The van der Waals surface area contributed by atoms with Crippen molar-refractivity contribution in [1.82, 2.24) is 10.2 Å². The molecule has 0 radical (unpaired) electrons. The fourth-order valence-corrected chi connectivity index (χ4v) is 5.54. The van der Waals surface area contributed by atoms with E-state index in [2.05, 4.69) is 29.4 Å². The van der Waals surface area contributed by atoms with Gasteiger partial charge in [0.1, 0.15) is 12.6 Å². The third-order valence-electron chi connectivity index (χ3n) is 6.59. The van der Waals surface area contributed by atoms with Crippen LogP contribution in [0.5, 0.6) is 0 Å². The Morgan fingerprint density at radius 3 is 2.62 bits per heavy atom. The Bertz CT molecular complexity index is 1190. The number of thiophene rings is 1. The molecule has 1 aromatic heterocycles. The van der Waals surface area contributed by atoms with Crippen LogP contribution in [0.25, 0.3) is 0 Å². The molecule has 1 saturated heterocycles. The highest BCUT2D eigenvalue weighted by atomic mass is 35.5. The van der Waals surface area contributed by atoms with Crippen LogP contribution >= 0.6 is 22.9 Å². The van der Waals surface area contributed by atoms with E-state index in [4.69, 9.17) is 16.3 Å². The summed E-state index contributed by atoms with van der Waals surface area (Å²) in [5, 5.41) is 5.63. The second-order valence-corrected chi connectivity index (χ2v) is 12.0. The van der Waals surface area contributed by atoms with Crippen LogP contribution < -0.4 is 15.5 Å². The predicted octanol–water partition coefficient (Wildman–Crippen LogP) is 4.81. The number of morpholine rings is 1. The van der Waals surface area contributed by atoms with Gasteiger partial charge in [0.25, 0.3) is 18.2 Å². The molecule has 2 fully saturated rings. The number of amides is 3. The average Bonchev–Trinajstić information content (AvgIpc) is 3.60. The third kappa shape index (κ3) is 7.97. The van der Waals surface area contributed by atoms with Crippen LogP contribution in [0.15, 0.2) is 30.3 Å². The van der Waals surface area contributed by atoms with Gasteiger partial charge in [-0.2, -0.15) is 0 Å². The number of ether oxygens (including phenoxy) is 1. The summed E-state index contributed by atoms with van der Waals surface area (Å²) in [5.41, 5.74) is -0.0542. The molecule has 4 rings (SSSR count). The molecule has 12 heteroatoms. The normalized spacial score (nSPS) is 16.7. The minimum Gasteiger partial charge on any atom is -0.370 e. The zero-order chi connectivity index (χ0) is 28.1. The number of nitrogens with one attached hydrogen (secondary N) is 2. The highest BCUT2D eigenvalue weighted by Crippen LogP contribution is 2.34. The Morgan fingerprint density at radius 2 is 2.00 bits per heavy atom. The summed E-state index contributed by atoms with van der Waals surface area (Å²) in [7, 11) is 0. The molecule has 39 heavy (non-hydrogen) atoms. The standard InChI is InChI=1S/C27H33ClF2N4O4S/c1-16(2)13-33(14-17-3-4-17)21(12-31-27(37)22-7-8-23(28)39-22)26(36)32-18-5-6-20(19(11-18)25(29)30)34-9-10-38-15-24(34)35/h5-8,11,16-17,21,25H,3-4,9-10,12-15H2,1-2H3,(H,31,37)(H,32,36)/t21-/m0/s1. The number of benzene rings is 1. The molecule has 0 spiro atoms. The van der Waals surface area contributed by atoms with Crippen molar-refractivity contribution in [1.29, 1.82) is 0 Å². The fourth-order valence-electron chi connectivity index (χ4n) is 4.58. The molecular weight excluding hydrogens is 550 g/mol. The third-order valence-corrected chi connectivity index (χ3v) is 7.82. The monoisotopic (exact) mass is 582 g/mol. The first-order chi connectivity index (χ1) is 18.6. The van der Waals surface area contributed by atoms with E-state index >= 15 is 0 Å². The number of carbonyl (C=O) groups excluding carboxylic acids is 3. The number of halogens is 3. The summed E-state index contributed by atoms with van der Waals surface area (Å²) in [6.45, 7) is 5.76. The van der Waals surface area contributed by atoms with Crippen LogP contribution in [0.1, 0.15) is 48.3 Å². The van der Waals surface area contributed by atoms with Crippen molar-refractivity contribution >= 4 is 52.0 Å². The lowest BCUT2D eigenvalue weighted by atomic mass is 10.1. The van der Waals surface area contributed by atoms with Crippen LogP contribution in [0, 0.1) is 11.8 Å².